The number of halogens is 1. The monoisotopic (exact) mass is 519 g/mol. The highest BCUT2D eigenvalue weighted by Gasteiger charge is 2.41. The van der Waals surface area contributed by atoms with Gasteiger partial charge >= 0.3 is 0 Å². The minimum atomic E-state index is -3.84. The lowest BCUT2D eigenvalue weighted by Crippen LogP contribution is -2.42. The average Bonchev–Trinajstić information content (AvgIpc) is 3.22. The Labute approximate surface area is 209 Å². The molecule has 0 aliphatic carbocycles. The van der Waals surface area contributed by atoms with E-state index in [2.05, 4.69) is 31.5 Å². The molecule has 5 unspecified atom stereocenters. The largest absolute Gasteiger partial charge is 0.326 e. The standard InChI is InChI=1S/C25H30ClN3O3S2/c1-15-14-33-17(3)16(2)23(15)11-21(33)12-25(30)28-20-8-7-18-13-27-29(24(18)10-20)34(31,32)22-6-4-5-19(26)9-22/h4-10,15-16,21,23,27H,11-14H2,1-3H3,(H,28,30). The average molecular weight is 520 g/mol. The van der Waals surface area contributed by atoms with Crippen LogP contribution in [0.2, 0.25) is 5.02 Å². The highest BCUT2D eigenvalue weighted by atomic mass is 35.5. The minimum absolute atomic E-state index is 0.00619. The summed E-state index contributed by atoms with van der Waals surface area (Å²) in [6.45, 7) is 7.36. The first-order valence-electron chi connectivity index (χ1n) is 11.7. The van der Waals surface area contributed by atoms with Crippen LogP contribution in [0.25, 0.3) is 0 Å². The normalized spacial score (nSPS) is 28.2. The summed E-state index contributed by atoms with van der Waals surface area (Å²) in [5, 5.41) is 3.79. The first-order valence-corrected chi connectivity index (χ1v) is 14.9. The molecule has 1 fully saturated rings. The molecule has 1 amide bonds. The van der Waals surface area contributed by atoms with Crippen molar-refractivity contribution < 1.29 is 13.2 Å². The van der Waals surface area contributed by atoms with Gasteiger partial charge in [-0.1, -0.05) is 37.6 Å². The Hall–Kier alpha value is -1.87. The van der Waals surface area contributed by atoms with Gasteiger partial charge < -0.3 is 5.32 Å². The van der Waals surface area contributed by atoms with Crippen molar-refractivity contribution in [2.75, 3.05) is 15.5 Å². The molecule has 2 aromatic carbocycles. The lowest BCUT2D eigenvalue weighted by Gasteiger charge is -2.47. The Morgan fingerprint density at radius 2 is 2.03 bits per heavy atom. The number of nitrogens with zero attached hydrogens (tertiary/aromatic N) is 1. The maximum Gasteiger partial charge on any atom is 0.277 e. The third-order valence-electron chi connectivity index (χ3n) is 7.56. The van der Waals surface area contributed by atoms with Crippen molar-refractivity contribution in [3.8, 4) is 0 Å². The maximum absolute atomic E-state index is 13.2. The van der Waals surface area contributed by atoms with Crippen molar-refractivity contribution >= 4 is 54.3 Å². The van der Waals surface area contributed by atoms with E-state index < -0.39 is 10.0 Å². The summed E-state index contributed by atoms with van der Waals surface area (Å²) in [7, 11) is -3.64. The van der Waals surface area contributed by atoms with E-state index in [1.54, 1.807) is 23.1 Å². The zero-order valence-corrected chi connectivity index (χ0v) is 21.9. The molecule has 34 heavy (non-hydrogen) atoms. The van der Waals surface area contributed by atoms with Crippen molar-refractivity contribution in [1.82, 2.24) is 5.43 Å². The molecule has 182 valence electrons. The van der Waals surface area contributed by atoms with Crippen LogP contribution in [0, 0.1) is 17.8 Å². The summed E-state index contributed by atoms with van der Waals surface area (Å²) in [5.74, 6) is 3.26. The predicted molar refractivity (Wildman–Crippen MR) is 141 cm³/mol. The molecule has 2 bridgehead atoms. The zero-order chi connectivity index (χ0) is 24.2. The molecule has 0 spiro atoms. The van der Waals surface area contributed by atoms with Crippen LogP contribution in [-0.2, 0) is 21.4 Å². The molecule has 6 nitrogen and oxygen atoms in total. The number of sulfonamides is 1. The number of rotatable bonds is 5. The van der Waals surface area contributed by atoms with E-state index in [4.69, 9.17) is 11.6 Å². The van der Waals surface area contributed by atoms with E-state index in [1.807, 2.05) is 12.1 Å². The summed E-state index contributed by atoms with van der Waals surface area (Å²) in [5.41, 5.74) is 4.91. The fourth-order valence-electron chi connectivity index (χ4n) is 5.60. The van der Waals surface area contributed by atoms with Crippen LogP contribution in [0.4, 0.5) is 11.4 Å². The summed E-state index contributed by atoms with van der Waals surface area (Å²) in [6, 6.07) is 11.6. The Kier molecular flexibility index (Phi) is 6.29. The molecular formula is C25H30ClN3O3S2. The molecule has 1 saturated heterocycles. The van der Waals surface area contributed by atoms with Crippen molar-refractivity contribution in [1.29, 1.82) is 0 Å². The number of hydrazine groups is 1. The van der Waals surface area contributed by atoms with Gasteiger partial charge in [0.15, 0.2) is 0 Å². The van der Waals surface area contributed by atoms with Gasteiger partial charge in [-0.2, -0.15) is 23.3 Å². The Morgan fingerprint density at radius 1 is 1.24 bits per heavy atom. The number of amides is 1. The van der Waals surface area contributed by atoms with E-state index >= 15 is 0 Å². The second-order valence-electron chi connectivity index (χ2n) is 9.65. The third-order valence-corrected chi connectivity index (χ3v) is 12.7. The zero-order valence-electron chi connectivity index (χ0n) is 19.5. The molecule has 9 heteroatoms. The summed E-state index contributed by atoms with van der Waals surface area (Å²) >= 11 is 6.02. The fraction of sp³-hybridized carbons (Fsp3) is 0.440. The summed E-state index contributed by atoms with van der Waals surface area (Å²) < 4.78 is 27.6. The van der Waals surface area contributed by atoms with Gasteiger partial charge in [-0.25, -0.2) is 5.43 Å². The summed E-state index contributed by atoms with van der Waals surface area (Å²) in [6.07, 6.45) is 1.63. The van der Waals surface area contributed by atoms with Crippen LogP contribution in [-0.4, -0.2) is 30.2 Å². The van der Waals surface area contributed by atoms with Crippen LogP contribution in [0.5, 0.6) is 0 Å². The first-order chi connectivity index (χ1) is 16.1. The van der Waals surface area contributed by atoms with Gasteiger partial charge in [0.1, 0.15) is 0 Å². The van der Waals surface area contributed by atoms with Crippen LogP contribution >= 0.6 is 22.1 Å². The smallest absolute Gasteiger partial charge is 0.277 e. The van der Waals surface area contributed by atoms with Crippen molar-refractivity contribution in [2.24, 2.45) is 17.8 Å². The number of benzene rings is 2. The fourth-order valence-corrected chi connectivity index (χ4v) is 10.6. The van der Waals surface area contributed by atoms with Crippen LogP contribution < -0.4 is 15.2 Å². The number of hydrogen-bond acceptors (Lipinski definition) is 4. The van der Waals surface area contributed by atoms with Gasteiger partial charge in [-0.15, -0.1) is 0 Å². The van der Waals surface area contributed by atoms with Crippen molar-refractivity contribution in [2.45, 2.75) is 50.3 Å². The second kappa shape index (κ2) is 8.97. The molecule has 4 aliphatic rings. The molecule has 0 aromatic heterocycles. The molecule has 0 saturated carbocycles. The van der Waals surface area contributed by atoms with Crippen molar-refractivity contribution in [3.63, 3.8) is 0 Å². The second-order valence-corrected chi connectivity index (χ2v) is 14.4. The number of carbonyl (C=O) groups is 1. The van der Waals surface area contributed by atoms with Crippen LogP contribution in [0.15, 0.2) is 47.4 Å². The van der Waals surface area contributed by atoms with Gasteiger partial charge in [0.05, 0.1) is 10.6 Å². The Balaban J connectivity index is 1.33. The van der Waals surface area contributed by atoms with Crippen LogP contribution in [0.3, 0.4) is 0 Å². The Bertz CT molecular complexity index is 1290. The molecule has 2 N–H and O–H groups in total. The number of anilines is 2. The third kappa shape index (κ3) is 4.19. The highest BCUT2D eigenvalue weighted by molar-refractivity contribution is 8.16. The van der Waals surface area contributed by atoms with E-state index in [-0.39, 0.29) is 21.3 Å². The van der Waals surface area contributed by atoms with Crippen molar-refractivity contribution in [3.05, 3.63) is 53.1 Å². The highest BCUT2D eigenvalue weighted by Crippen LogP contribution is 2.50. The van der Waals surface area contributed by atoms with Gasteiger partial charge in [0.2, 0.25) is 5.91 Å². The molecule has 0 radical (unpaired) electrons. The predicted octanol–water partition coefficient (Wildman–Crippen LogP) is 5.02. The lowest BCUT2D eigenvalue weighted by molar-refractivity contribution is -0.116. The number of nitrogens with one attached hydrogen (secondary N) is 2. The molecule has 4 aliphatic heterocycles. The molecule has 5 atom stereocenters. The van der Waals surface area contributed by atoms with Gasteiger partial charge in [0.25, 0.3) is 10.0 Å². The van der Waals surface area contributed by atoms with E-state index in [9.17, 15) is 13.2 Å². The molecular weight excluding hydrogens is 490 g/mol. The van der Waals surface area contributed by atoms with Gasteiger partial charge in [0, 0.05) is 28.9 Å². The quantitative estimate of drug-likeness (QED) is 0.544. The van der Waals surface area contributed by atoms with E-state index in [0.29, 0.717) is 46.4 Å². The summed E-state index contributed by atoms with van der Waals surface area (Å²) in [4.78, 5) is 14.7. The SMILES string of the molecule is CC1=S2CC(C)C(CC2CC(=O)Nc2ccc3c(c2)N(S(=O)(=O)c2cccc(Cl)c2)NC3)C1C. The van der Waals surface area contributed by atoms with Gasteiger partial charge in [-0.3, -0.25) is 4.79 Å². The number of fused-ring (bicyclic) bond motifs is 4. The maximum atomic E-state index is 13.2. The molecule has 6 rings (SSSR count). The number of carbonyl (C=O) groups excluding carboxylic acids is 1. The topological polar surface area (TPSA) is 78.5 Å². The van der Waals surface area contributed by atoms with E-state index in [1.165, 1.54) is 22.3 Å². The number of hydrogen-bond donors (Lipinski definition) is 2. The Morgan fingerprint density at radius 3 is 2.79 bits per heavy atom. The lowest BCUT2D eigenvalue weighted by atomic mass is 9.78. The molecule has 2 aromatic rings. The first kappa shape index (κ1) is 23.9. The van der Waals surface area contributed by atoms with Gasteiger partial charge in [-0.05, 0) is 77.6 Å². The minimum Gasteiger partial charge on any atom is -0.326 e. The molecule has 4 heterocycles. The van der Waals surface area contributed by atoms with Crippen LogP contribution in [0.1, 0.15) is 39.2 Å². The van der Waals surface area contributed by atoms with E-state index in [0.717, 1.165) is 17.9 Å².